The Labute approximate surface area is 126 Å². The number of hydrogen-bond donors (Lipinski definition) is 2. The van der Waals surface area contributed by atoms with Gasteiger partial charge >= 0.3 is 6.18 Å². The predicted molar refractivity (Wildman–Crippen MR) is 78.9 cm³/mol. The van der Waals surface area contributed by atoms with E-state index in [1.165, 1.54) is 6.20 Å². The molecule has 2 heterocycles. The summed E-state index contributed by atoms with van der Waals surface area (Å²) in [6, 6.07) is 6.33. The molecule has 0 spiro atoms. The van der Waals surface area contributed by atoms with E-state index in [1.807, 2.05) is 0 Å². The average Bonchev–Trinajstić information content (AvgIpc) is 2.89. The molecule has 0 bridgehead atoms. The molecule has 1 aliphatic rings. The summed E-state index contributed by atoms with van der Waals surface area (Å²) in [5.41, 5.74) is -0.203. The average molecular weight is 318 g/mol. The maximum atomic E-state index is 13.1. The van der Waals surface area contributed by atoms with Crippen molar-refractivity contribution in [2.75, 3.05) is 18.4 Å². The topological polar surface area (TPSA) is 37.0 Å². The number of benzene rings is 1. The van der Waals surface area contributed by atoms with Crippen LogP contribution in [0.25, 0.3) is 10.9 Å². The highest BCUT2D eigenvalue weighted by Crippen LogP contribution is 2.36. The Morgan fingerprint density at radius 3 is 2.76 bits per heavy atom. The molecule has 1 aromatic heterocycles. The molecule has 21 heavy (non-hydrogen) atoms. The molecule has 1 fully saturated rings. The van der Waals surface area contributed by atoms with Gasteiger partial charge in [0.2, 0.25) is 0 Å². The number of nitrogens with zero attached hydrogens (tertiary/aromatic N) is 1. The summed E-state index contributed by atoms with van der Waals surface area (Å²) in [6.45, 7) is 1.66. The molecule has 0 unspecified atom stereocenters. The first kappa shape index (κ1) is 15.9. The fourth-order valence-electron chi connectivity index (χ4n) is 2.51. The molecule has 1 aromatic carbocycles. The molecule has 0 amide bonds. The summed E-state index contributed by atoms with van der Waals surface area (Å²) in [5, 5.41) is 6.83. The number of hydrogen-bond acceptors (Lipinski definition) is 3. The lowest BCUT2D eigenvalue weighted by molar-refractivity contribution is -0.136. The summed E-state index contributed by atoms with van der Waals surface area (Å²) in [7, 11) is 0. The number of anilines is 1. The molecule has 0 radical (unpaired) electrons. The Morgan fingerprint density at radius 2 is 2.10 bits per heavy atom. The molecule has 0 saturated carbocycles. The van der Waals surface area contributed by atoms with E-state index in [0.29, 0.717) is 11.1 Å². The van der Waals surface area contributed by atoms with Gasteiger partial charge in [0.15, 0.2) is 0 Å². The molecule has 1 aliphatic heterocycles. The fraction of sp³-hybridized carbons (Fsp3) is 0.357. The zero-order valence-corrected chi connectivity index (χ0v) is 11.9. The Morgan fingerprint density at radius 1 is 1.29 bits per heavy atom. The molecule has 2 N–H and O–H groups in total. The second-order valence-corrected chi connectivity index (χ2v) is 4.93. The Kier molecular flexibility index (Phi) is 4.58. The highest BCUT2D eigenvalue weighted by molar-refractivity contribution is 5.86. The van der Waals surface area contributed by atoms with Crippen molar-refractivity contribution in [3.63, 3.8) is 0 Å². The normalized spacial score (nSPS) is 18.5. The van der Waals surface area contributed by atoms with Crippen molar-refractivity contribution in [2.45, 2.75) is 18.6 Å². The highest BCUT2D eigenvalue weighted by Gasteiger charge is 2.34. The lowest BCUT2D eigenvalue weighted by Crippen LogP contribution is -2.22. The van der Waals surface area contributed by atoms with E-state index < -0.39 is 11.7 Å². The SMILES string of the molecule is Cl.FC(F)(F)c1cc(N[C@@H]2CCNC2)cc2cccnc12. The highest BCUT2D eigenvalue weighted by atomic mass is 35.5. The van der Waals surface area contributed by atoms with E-state index in [1.54, 1.807) is 18.2 Å². The minimum Gasteiger partial charge on any atom is -0.381 e. The zero-order chi connectivity index (χ0) is 14.2. The first-order valence-electron chi connectivity index (χ1n) is 6.47. The van der Waals surface area contributed by atoms with Gasteiger partial charge in [-0.15, -0.1) is 12.4 Å². The molecular weight excluding hydrogens is 303 g/mol. The molecule has 1 atom stereocenters. The van der Waals surface area contributed by atoms with Crippen LogP contribution in [0.4, 0.5) is 18.9 Å². The zero-order valence-electron chi connectivity index (χ0n) is 11.1. The summed E-state index contributed by atoms with van der Waals surface area (Å²) < 4.78 is 39.4. The first-order valence-corrected chi connectivity index (χ1v) is 6.47. The molecule has 3 nitrogen and oxygen atoms in total. The van der Waals surface area contributed by atoms with Crippen molar-refractivity contribution >= 4 is 29.0 Å². The first-order chi connectivity index (χ1) is 9.54. The Balaban J connectivity index is 0.00000161. The molecule has 2 aromatic rings. The van der Waals surface area contributed by atoms with E-state index in [4.69, 9.17) is 0 Å². The second kappa shape index (κ2) is 6.07. The summed E-state index contributed by atoms with van der Waals surface area (Å²) in [5.74, 6) is 0. The maximum Gasteiger partial charge on any atom is 0.418 e. The van der Waals surface area contributed by atoms with Gasteiger partial charge in [0.1, 0.15) is 0 Å². The van der Waals surface area contributed by atoms with Crippen molar-refractivity contribution in [3.8, 4) is 0 Å². The number of halogens is 4. The third-order valence-corrected chi connectivity index (χ3v) is 3.44. The quantitative estimate of drug-likeness (QED) is 0.891. The van der Waals surface area contributed by atoms with Gasteiger partial charge in [-0.3, -0.25) is 4.98 Å². The lowest BCUT2D eigenvalue weighted by Gasteiger charge is -2.16. The van der Waals surface area contributed by atoms with Crippen molar-refractivity contribution in [1.82, 2.24) is 10.3 Å². The van der Waals surface area contributed by atoms with Gasteiger partial charge in [-0.05, 0) is 31.2 Å². The molecular formula is C14H15ClF3N3. The van der Waals surface area contributed by atoms with Gasteiger partial charge in [0.25, 0.3) is 0 Å². The van der Waals surface area contributed by atoms with Gasteiger partial charge in [0, 0.05) is 29.9 Å². The molecule has 114 valence electrons. The Hall–Kier alpha value is -1.53. The van der Waals surface area contributed by atoms with E-state index in [-0.39, 0.29) is 24.0 Å². The van der Waals surface area contributed by atoms with Crippen LogP contribution in [-0.2, 0) is 6.18 Å². The fourth-order valence-corrected chi connectivity index (χ4v) is 2.51. The van der Waals surface area contributed by atoms with Crippen LogP contribution in [0.1, 0.15) is 12.0 Å². The third kappa shape index (κ3) is 3.39. The van der Waals surface area contributed by atoms with Crippen LogP contribution >= 0.6 is 12.4 Å². The van der Waals surface area contributed by atoms with Crippen LogP contribution in [0.3, 0.4) is 0 Å². The third-order valence-electron chi connectivity index (χ3n) is 3.44. The van der Waals surface area contributed by atoms with Crippen molar-refractivity contribution in [2.24, 2.45) is 0 Å². The number of rotatable bonds is 2. The lowest BCUT2D eigenvalue weighted by atomic mass is 10.1. The number of alkyl halides is 3. The molecule has 1 saturated heterocycles. The summed E-state index contributed by atoms with van der Waals surface area (Å²) in [6.07, 6.45) is -2.11. The van der Waals surface area contributed by atoms with Crippen LogP contribution in [-0.4, -0.2) is 24.1 Å². The number of aromatic nitrogens is 1. The van der Waals surface area contributed by atoms with Gasteiger partial charge in [-0.1, -0.05) is 6.07 Å². The number of nitrogens with one attached hydrogen (secondary N) is 2. The van der Waals surface area contributed by atoms with Crippen LogP contribution in [0.5, 0.6) is 0 Å². The number of fused-ring (bicyclic) bond motifs is 1. The van der Waals surface area contributed by atoms with E-state index in [9.17, 15) is 13.2 Å². The van der Waals surface area contributed by atoms with Crippen LogP contribution < -0.4 is 10.6 Å². The number of pyridine rings is 1. The minimum absolute atomic E-state index is 0. The van der Waals surface area contributed by atoms with Crippen molar-refractivity contribution in [1.29, 1.82) is 0 Å². The van der Waals surface area contributed by atoms with Crippen LogP contribution in [0.2, 0.25) is 0 Å². The van der Waals surface area contributed by atoms with Gasteiger partial charge < -0.3 is 10.6 Å². The van der Waals surface area contributed by atoms with Crippen LogP contribution in [0.15, 0.2) is 30.5 Å². The summed E-state index contributed by atoms with van der Waals surface area (Å²) in [4.78, 5) is 3.86. The van der Waals surface area contributed by atoms with Gasteiger partial charge in [0.05, 0.1) is 11.1 Å². The standard InChI is InChI=1S/C14H14F3N3.ClH/c15-14(16,17)12-7-11(20-10-3-5-18-8-10)6-9-2-1-4-19-13(9)12;/h1-2,4,6-7,10,18,20H,3,5,8H2;1H/t10-;/m1./s1. The second-order valence-electron chi connectivity index (χ2n) is 4.93. The summed E-state index contributed by atoms with van der Waals surface area (Å²) >= 11 is 0. The molecule has 3 rings (SSSR count). The smallest absolute Gasteiger partial charge is 0.381 e. The monoisotopic (exact) mass is 317 g/mol. The maximum absolute atomic E-state index is 13.1. The van der Waals surface area contributed by atoms with Gasteiger partial charge in [-0.25, -0.2) is 0 Å². The van der Waals surface area contributed by atoms with E-state index in [2.05, 4.69) is 15.6 Å². The van der Waals surface area contributed by atoms with Crippen molar-refractivity contribution < 1.29 is 13.2 Å². The molecule has 0 aliphatic carbocycles. The van der Waals surface area contributed by atoms with E-state index in [0.717, 1.165) is 25.6 Å². The molecule has 7 heteroatoms. The predicted octanol–water partition coefficient (Wildman–Crippen LogP) is 3.45. The van der Waals surface area contributed by atoms with Gasteiger partial charge in [-0.2, -0.15) is 13.2 Å². The Bertz CT molecular complexity index is 624. The largest absolute Gasteiger partial charge is 0.418 e. The van der Waals surface area contributed by atoms with E-state index >= 15 is 0 Å². The van der Waals surface area contributed by atoms with Crippen molar-refractivity contribution in [3.05, 3.63) is 36.0 Å². The minimum atomic E-state index is -4.40. The van der Waals surface area contributed by atoms with Crippen LogP contribution in [0, 0.1) is 0 Å².